The van der Waals surface area contributed by atoms with Gasteiger partial charge in [-0.25, -0.2) is 4.79 Å². The summed E-state index contributed by atoms with van der Waals surface area (Å²) in [5.41, 5.74) is 2.61. The maximum absolute atomic E-state index is 12.6. The summed E-state index contributed by atoms with van der Waals surface area (Å²) in [7, 11) is 0. The smallest absolute Gasteiger partial charge is 0.409 e. The predicted molar refractivity (Wildman–Crippen MR) is 90.6 cm³/mol. The molecule has 0 spiro atoms. The lowest BCUT2D eigenvalue weighted by atomic mass is 10.00. The molecule has 3 rings (SSSR count). The van der Waals surface area contributed by atoms with Gasteiger partial charge in [-0.1, -0.05) is 24.3 Å². The van der Waals surface area contributed by atoms with Gasteiger partial charge in [-0.05, 0) is 24.5 Å². The molecule has 6 heteroatoms. The second kappa shape index (κ2) is 7.66. The molecule has 0 unspecified atom stereocenters. The fraction of sp³-hybridized carbons (Fsp3) is 0.556. The zero-order valence-electron chi connectivity index (χ0n) is 14.2. The van der Waals surface area contributed by atoms with Gasteiger partial charge in [0.2, 0.25) is 5.91 Å². The third-order valence-electron chi connectivity index (χ3n) is 4.74. The van der Waals surface area contributed by atoms with Crippen LogP contribution < -0.4 is 0 Å². The van der Waals surface area contributed by atoms with Gasteiger partial charge in [0, 0.05) is 39.3 Å². The van der Waals surface area contributed by atoms with Crippen LogP contribution in [0, 0.1) is 0 Å². The van der Waals surface area contributed by atoms with E-state index in [1.54, 1.807) is 4.90 Å². The van der Waals surface area contributed by atoms with E-state index in [9.17, 15) is 9.59 Å². The van der Waals surface area contributed by atoms with E-state index in [-0.39, 0.29) is 12.0 Å². The van der Waals surface area contributed by atoms with Crippen LogP contribution in [0.4, 0.5) is 4.79 Å². The molecule has 2 aliphatic heterocycles. The Balaban J connectivity index is 1.48. The van der Waals surface area contributed by atoms with Crippen molar-refractivity contribution in [2.24, 2.45) is 0 Å². The molecule has 1 saturated heterocycles. The minimum atomic E-state index is -0.254. The Kier molecular flexibility index (Phi) is 5.35. The molecule has 2 heterocycles. The Morgan fingerprint density at radius 3 is 2.42 bits per heavy atom. The molecule has 1 fully saturated rings. The van der Waals surface area contributed by atoms with Crippen molar-refractivity contribution in [2.75, 3.05) is 45.9 Å². The quantitative estimate of drug-likeness (QED) is 0.839. The molecule has 1 aromatic rings. The lowest BCUT2D eigenvalue weighted by molar-refractivity contribution is -0.133. The van der Waals surface area contributed by atoms with Crippen LogP contribution in [0.15, 0.2) is 24.3 Å². The SMILES string of the molecule is CCOC(=O)N1CCN(CC(=O)N2CCc3ccccc3C2)CC1. The summed E-state index contributed by atoms with van der Waals surface area (Å²) in [5.74, 6) is 0.175. The summed E-state index contributed by atoms with van der Waals surface area (Å²) in [6, 6.07) is 8.33. The molecule has 0 aromatic heterocycles. The van der Waals surface area contributed by atoms with Gasteiger partial charge in [-0.3, -0.25) is 9.69 Å². The van der Waals surface area contributed by atoms with E-state index in [0.29, 0.717) is 32.8 Å². The van der Waals surface area contributed by atoms with E-state index < -0.39 is 0 Å². The van der Waals surface area contributed by atoms with Gasteiger partial charge >= 0.3 is 6.09 Å². The highest BCUT2D eigenvalue weighted by Crippen LogP contribution is 2.18. The van der Waals surface area contributed by atoms with Gasteiger partial charge in [0.15, 0.2) is 0 Å². The van der Waals surface area contributed by atoms with Crippen molar-refractivity contribution in [3.05, 3.63) is 35.4 Å². The first-order valence-electron chi connectivity index (χ1n) is 8.66. The number of carbonyl (C=O) groups is 2. The normalized spacial score (nSPS) is 18.2. The molecule has 6 nitrogen and oxygen atoms in total. The van der Waals surface area contributed by atoms with Crippen LogP contribution in [0.5, 0.6) is 0 Å². The lowest BCUT2D eigenvalue weighted by Crippen LogP contribution is -2.52. The molecule has 0 saturated carbocycles. The van der Waals surface area contributed by atoms with Crippen LogP contribution in [-0.2, 0) is 22.5 Å². The molecule has 0 N–H and O–H groups in total. The largest absolute Gasteiger partial charge is 0.450 e. The van der Waals surface area contributed by atoms with Crippen molar-refractivity contribution in [1.82, 2.24) is 14.7 Å². The van der Waals surface area contributed by atoms with Crippen molar-refractivity contribution in [3.63, 3.8) is 0 Å². The van der Waals surface area contributed by atoms with Gasteiger partial charge in [0.1, 0.15) is 0 Å². The molecular weight excluding hydrogens is 306 g/mol. The Hall–Kier alpha value is -2.08. The van der Waals surface area contributed by atoms with Crippen molar-refractivity contribution in [2.45, 2.75) is 19.9 Å². The summed E-state index contributed by atoms with van der Waals surface area (Å²) in [6.07, 6.45) is 0.676. The van der Waals surface area contributed by atoms with E-state index in [0.717, 1.165) is 26.1 Å². The Morgan fingerprint density at radius 1 is 1.00 bits per heavy atom. The zero-order chi connectivity index (χ0) is 16.9. The Morgan fingerprint density at radius 2 is 1.71 bits per heavy atom. The topological polar surface area (TPSA) is 53.1 Å². The van der Waals surface area contributed by atoms with Crippen molar-refractivity contribution >= 4 is 12.0 Å². The molecule has 0 aliphatic carbocycles. The van der Waals surface area contributed by atoms with E-state index in [1.807, 2.05) is 17.9 Å². The summed E-state index contributed by atoms with van der Waals surface area (Å²) in [4.78, 5) is 30.1. The molecule has 0 atom stereocenters. The highest BCUT2D eigenvalue weighted by atomic mass is 16.6. The van der Waals surface area contributed by atoms with Gasteiger partial charge in [0.25, 0.3) is 0 Å². The molecule has 0 bridgehead atoms. The first kappa shape index (κ1) is 16.8. The Labute approximate surface area is 143 Å². The fourth-order valence-corrected chi connectivity index (χ4v) is 3.30. The number of hydrogen-bond donors (Lipinski definition) is 0. The molecule has 1 aromatic carbocycles. The third-order valence-corrected chi connectivity index (χ3v) is 4.74. The van der Waals surface area contributed by atoms with E-state index in [4.69, 9.17) is 4.74 Å². The lowest BCUT2D eigenvalue weighted by Gasteiger charge is -2.35. The highest BCUT2D eigenvalue weighted by Gasteiger charge is 2.26. The van der Waals surface area contributed by atoms with E-state index >= 15 is 0 Å². The zero-order valence-corrected chi connectivity index (χ0v) is 14.2. The van der Waals surface area contributed by atoms with Gasteiger partial charge in [0.05, 0.1) is 13.2 Å². The van der Waals surface area contributed by atoms with Gasteiger partial charge in [-0.15, -0.1) is 0 Å². The number of rotatable bonds is 3. The number of carbonyl (C=O) groups excluding carboxylic acids is 2. The van der Waals surface area contributed by atoms with Crippen molar-refractivity contribution in [1.29, 1.82) is 0 Å². The van der Waals surface area contributed by atoms with Crippen LogP contribution in [0.3, 0.4) is 0 Å². The molecular formula is C18H25N3O3. The molecule has 0 radical (unpaired) electrons. The molecule has 24 heavy (non-hydrogen) atoms. The van der Waals surface area contributed by atoms with E-state index in [1.165, 1.54) is 11.1 Å². The summed E-state index contributed by atoms with van der Waals surface area (Å²) in [5, 5.41) is 0. The maximum atomic E-state index is 12.6. The highest BCUT2D eigenvalue weighted by molar-refractivity contribution is 5.78. The van der Waals surface area contributed by atoms with Crippen LogP contribution in [0.25, 0.3) is 0 Å². The van der Waals surface area contributed by atoms with Gasteiger partial charge in [-0.2, -0.15) is 0 Å². The average Bonchev–Trinajstić information content (AvgIpc) is 2.62. The third kappa shape index (κ3) is 3.87. The number of piperazine rings is 1. The van der Waals surface area contributed by atoms with Crippen molar-refractivity contribution < 1.29 is 14.3 Å². The van der Waals surface area contributed by atoms with Crippen LogP contribution in [0.2, 0.25) is 0 Å². The second-order valence-electron chi connectivity index (χ2n) is 6.30. The summed E-state index contributed by atoms with van der Waals surface area (Å²) >= 11 is 0. The number of nitrogens with zero attached hydrogens (tertiary/aromatic N) is 3. The van der Waals surface area contributed by atoms with Crippen LogP contribution in [-0.4, -0.2) is 72.6 Å². The van der Waals surface area contributed by atoms with E-state index in [2.05, 4.69) is 23.1 Å². The monoisotopic (exact) mass is 331 g/mol. The standard InChI is InChI=1S/C18H25N3O3/c1-2-24-18(23)20-11-9-19(10-12-20)14-17(22)21-8-7-15-5-3-4-6-16(15)13-21/h3-6H,2,7-14H2,1H3. The number of ether oxygens (including phenoxy) is 1. The number of amides is 2. The number of fused-ring (bicyclic) bond motifs is 1. The molecule has 2 aliphatic rings. The average molecular weight is 331 g/mol. The predicted octanol–water partition coefficient (Wildman–Crippen LogP) is 1.35. The fourth-order valence-electron chi connectivity index (χ4n) is 3.30. The summed E-state index contributed by atoms with van der Waals surface area (Å²) < 4.78 is 5.02. The van der Waals surface area contributed by atoms with Crippen molar-refractivity contribution in [3.8, 4) is 0 Å². The minimum absolute atomic E-state index is 0.175. The maximum Gasteiger partial charge on any atom is 0.409 e. The number of benzene rings is 1. The molecule has 130 valence electrons. The van der Waals surface area contributed by atoms with Crippen LogP contribution in [0.1, 0.15) is 18.1 Å². The van der Waals surface area contributed by atoms with Crippen LogP contribution >= 0.6 is 0 Å². The second-order valence-corrected chi connectivity index (χ2v) is 6.30. The first-order chi connectivity index (χ1) is 11.7. The summed E-state index contributed by atoms with van der Waals surface area (Å²) in [6.45, 7) is 6.81. The molecule has 2 amide bonds. The minimum Gasteiger partial charge on any atom is -0.450 e. The number of hydrogen-bond acceptors (Lipinski definition) is 4. The first-order valence-corrected chi connectivity index (χ1v) is 8.66. The Bertz CT molecular complexity index is 597. The van der Waals surface area contributed by atoms with Gasteiger partial charge < -0.3 is 14.5 Å².